The van der Waals surface area contributed by atoms with Crippen molar-refractivity contribution in [3.63, 3.8) is 0 Å². The Morgan fingerprint density at radius 3 is 2.12 bits per heavy atom. The van der Waals surface area contributed by atoms with Crippen molar-refractivity contribution in [3.05, 3.63) is 88.5 Å². The number of carbonyl (C=O) groups is 4. The average molecular weight is 800 g/mol. The van der Waals surface area contributed by atoms with Crippen LogP contribution in [-0.4, -0.2) is 118 Å². The number of hydrogen-bond acceptors (Lipinski definition) is 11. The lowest BCUT2D eigenvalue weighted by molar-refractivity contribution is -0.134. The maximum absolute atomic E-state index is 14.2. The SMILES string of the molecule is CCOc1cc(C(CS(C)(=O)=O)N2C(=O)c3cccc(NC4CCN(CCN5CCC(c6ccc(C7CCC(=O)NC7=O)cc6)CC5)CC4)c3C2=O)ccc1OC. The molecule has 3 fully saturated rings. The molecule has 4 amide bonds. The average Bonchev–Trinajstić information content (AvgIpc) is 3.46. The van der Waals surface area contributed by atoms with Crippen molar-refractivity contribution in [3.8, 4) is 11.5 Å². The number of fused-ring (bicyclic) bond motifs is 1. The van der Waals surface area contributed by atoms with E-state index in [1.807, 2.05) is 13.0 Å². The summed E-state index contributed by atoms with van der Waals surface area (Å²) in [6.07, 6.45) is 5.99. The normalized spacial score (nSPS) is 20.7. The molecule has 57 heavy (non-hydrogen) atoms. The second-order valence-electron chi connectivity index (χ2n) is 15.7. The van der Waals surface area contributed by atoms with E-state index in [1.54, 1.807) is 30.3 Å². The van der Waals surface area contributed by atoms with Crippen molar-refractivity contribution in [2.45, 2.75) is 69.4 Å². The number of likely N-dealkylation sites (tertiary alicyclic amines) is 2. The first kappa shape index (κ1) is 40.4. The molecule has 2 N–H and O–H groups in total. The summed E-state index contributed by atoms with van der Waals surface area (Å²) in [6, 6.07) is 17.7. The first-order valence-electron chi connectivity index (χ1n) is 20.1. The third-order valence-corrected chi connectivity index (χ3v) is 12.8. The Hall–Kier alpha value is -4.79. The van der Waals surface area contributed by atoms with E-state index in [0.717, 1.165) is 81.7 Å². The number of methoxy groups -OCH3 is 1. The first-order valence-corrected chi connectivity index (χ1v) is 22.1. The zero-order valence-corrected chi connectivity index (χ0v) is 33.8. The molecule has 3 aromatic carbocycles. The van der Waals surface area contributed by atoms with E-state index in [2.05, 4.69) is 44.7 Å². The van der Waals surface area contributed by atoms with Crippen LogP contribution in [0.2, 0.25) is 0 Å². The number of nitrogens with one attached hydrogen (secondary N) is 2. The fourth-order valence-corrected chi connectivity index (χ4v) is 9.70. The van der Waals surface area contributed by atoms with Gasteiger partial charge in [0.2, 0.25) is 11.8 Å². The van der Waals surface area contributed by atoms with Crippen LogP contribution in [0.4, 0.5) is 5.69 Å². The van der Waals surface area contributed by atoms with E-state index >= 15 is 0 Å². The quantitative estimate of drug-likeness (QED) is 0.217. The van der Waals surface area contributed by atoms with Gasteiger partial charge < -0.3 is 24.6 Å². The number of piperidine rings is 3. The number of imide groups is 2. The molecule has 2 atom stereocenters. The first-order chi connectivity index (χ1) is 27.4. The zero-order valence-electron chi connectivity index (χ0n) is 33.0. The highest BCUT2D eigenvalue weighted by atomic mass is 32.2. The third kappa shape index (κ3) is 9.18. The highest BCUT2D eigenvalue weighted by molar-refractivity contribution is 7.90. The fraction of sp³-hybridized carbons (Fsp3) is 0.488. The van der Waals surface area contributed by atoms with Gasteiger partial charge in [0.15, 0.2) is 11.5 Å². The number of hydrogen-bond donors (Lipinski definition) is 2. The molecule has 2 unspecified atom stereocenters. The van der Waals surface area contributed by atoms with Gasteiger partial charge in [0.1, 0.15) is 9.84 Å². The highest BCUT2D eigenvalue weighted by Gasteiger charge is 2.43. The smallest absolute Gasteiger partial charge is 0.264 e. The minimum Gasteiger partial charge on any atom is -0.493 e. The molecule has 0 radical (unpaired) electrons. The molecule has 4 aliphatic heterocycles. The van der Waals surface area contributed by atoms with Gasteiger partial charge in [0.25, 0.3) is 11.8 Å². The number of sulfone groups is 1. The van der Waals surface area contributed by atoms with E-state index in [1.165, 1.54) is 12.7 Å². The topological polar surface area (TPSA) is 155 Å². The molecule has 14 heteroatoms. The summed E-state index contributed by atoms with van der Waals surface area (Å²) in [4.78, 5) is 58.0. The molecule has 304 valence electrons. The summed E-state index contributed by atoms with van der Waals surface area (Å²) in [6.45, 7) is 8.08. The fourth-order valence-electron chi connectivity index (χ4n) is 8.79. The maximum Gasteiger partial charge on any atom is 0.264 e. The molecule has 4 aliphatic rings. The molecular formula is C43H53N5O8S. The highest BCUT2D eigenvalue weighted by Crippen LogP contribution is 2.39. The number of amides is 4. The van der Waals surface area contributed by atoms with Gasteiger partial charge in [0.05, 0.1) is 42.6 Å². The van der Waals surface area contributed by atoms with Crippen LogP contribution in [0, 0.1) is 0 Å². The number of ether oxygens (including phenoxy) is 2. The maximum atomic E-state index is 14.2. The minimum atomic E-state index is -3.61. The lowest BCUT2D eigenvalue weighted by atomic mass is 9.86. The lowest BCUT2D eigenvalue weighted by Crippen LogP contribution is -2.44. The van der Waals surface area contributed by atoms with Gasteiger partial charge in [-0.25, -0.2) is 8.42 Å². The number of rotatable bonds is 14. The van der Waals surface area contributed by atoms with Gasteiger partial charge in [-0.3, -0.25) is 29.4 Å². The van der Waals surface area contributed by atoms with Crippen molar-refractivity contribution in [2.24, 2.45) is 0 Å². The van der Waals surface area contributed by atoms with Gasteiger partial charge in [-0.05, 0) is 99.0 Å². The van der Waals surface area contributed by atoms with E-state index in [-0.39, 0.29) is 34.9 Å². The second-order valence-corrected chi connectivity index (χ2v) is 17.9. The Kier molecular flexibility index (Phi) is 12.3. The van der Waals surface area contributed by atoms with Crippen LogP contribution in [0.3, 0.4) is 0 Å². The number of benzene rings is 3. The van der Waals surface area contributed by atoms with Crippen molar-refractivity contribution < 1.29 is 37.1 Å². The van der Waals surface area contributed by atoms with Crippen LogP contribution >= 0.6 is 0 Å². The van der Waals surface area contributed by atoms with Crippen molar-refractivity contribution in [1.29, 1.82) is 0 Å². The predicted molar refractivity (Wildman–Crippen MR) is 217 cm³/mol. The molecule has 0 bridgehead atoms. The summed E-state index contributed by atoms with van der Waals surface area (Å²) in [7, 11) is -2.10. The summed E-state index contributed by atoms with van der Waals surface area (Å²) in [5.41, 5.74) is 3.86. The number of carbonyl (C=O) groups excluding carboxylic acids is 4. The van der Waals surface area contributed by atoms with Crippen molar-refractivity contribution in [2.75, 3.05) is 70.3 Å². The molecule has 3 aromatic rings. The van der Waals surface area contributed by atoms with Gasteiger partial charge in [-0.2, -0.15) is 0 Å². The van der Waals surface area contributed by atoms with E-state index in [0.29, 0.717) is 48.1 Å². The monoisotopic (exact) mass is 799 g/mol. The Balaban J connectivity index is 0.915. The predicted octanol–water partition coefficient (Wildman–Crippen LogP) is 4.75. The summed E-state index contributed by atoms with van der Waals surface area (Å²) < 4.78 is 36.5. The summed E-state index contributed by atoms with van der Waals surface area (Å²) in [5.74, 6) is -0.765. The third-order valence-electron chi connectivity index (χ3n) is 11.9. The van der Waals surface area contributed by atoms with Crippen LogP contribution in [-0.2, 0) is 19.4 Å². The number of anilines is 1. The molecule has 0 aliphatic carbocycles. The molecule has 7 rings (SSSR count). The van der Waals surface area contributed by atoms with Crippen LogP contribution < -0.4 is 20.1 Å². The minimum absolute atomic E-state index is 0.115. The molecule has 3 saturated heterocycles. The van der Waals surface area contributed by atoms with E-state index in [4.69, 9.17) is 9.47 Å². The Morgan fingerprint density at radius 1 is 0.825 bits per heavy atom. The van der Waals surface area contributed by atoms with E-state index in [9.17, 15) is 27.6 Å². The largest absolute Gasteiger partial charge is 0.493 e. The lowest BCUT2D eigenvalue weighted by Gasteiger charge is -2.36. The Morgan fingerprint density at radius 2 is 1.49 bits per heavy atom. The molecular weight excluding hydrogens is 747 g/mol. The van der Waals surface area contributed by atoms with Crippen LogP contribution in [0.25, 0.3) is 0 Å². The van der Waals surface area contributed by atoms with E-state index < -0.39 is 33.4 Å². The molecule has 4 heterocycles. The van der Waals surface area contributed by atoms with Gasteiger partial charge in [0, 0.05) is 50.6 Å². The van der Waals surface area contributed by atoms with Crippen molar-refractivity contribution >= 4 is 39.2 Å². The Bertz CT molecular complexity index is 2090. The van der Waals surface area contributed by atoms with Gasteiger partial charge >= 0.3 is 0 Å². The van der Waals surface area contributed by atoms with Crippen molar-refractivity contribution in [1.82, 2.24) is 20.0 Å². The summed E-state index contributed by atoms with van der Waals surface area (Å²) in [5, 5.41) is 6.02. The van der Waals surface area contributed by atoms with Crippen LogP contribution in [0.1, 0.15) is 101 Å². The van der Waals surface area contributed by atoms with Gasteiger partial charge in [-0.1, -0.05) is 36.4 Å². The Labute approximate surface area is 335 Å². The standard InChI is InChI=1S/C43H53N5O8S/c1-4-56-38-26-31(12-14-37(38)55-2)36(27-57(3,53)54)48-42(51)34-6-5-7-35(40(34)43(48)52)44-32-18-22-47(23-19-32)25-24-46-20-16-29(17-21-46)28-8-10-30(11-9-28)33-13-15-39(49)45-41(33)50/h5-12,14,26,29,32-33,36,44H,4,13,15-25,27H2,1-3H3,(H,45,49,50). The molecule has 0 aromatic heterocycles. The molecule has 13 nitrogen and oxygen atoms in total. The van der Waals surface area contributed by atoms with Crippen LogP contribution in [0.5, 0.6) is 11.5 Å². The second kappa shape index (κ2) is 17.4. The van der Waals surface area contributed by atoms with Crippen LogP contribution in [0.15, 0.2) is 60.7 Å². The molecule has 0 saturated carbocycles. The number of nitrogens with zero attached hydrogens (tertiary/aromatic N) is 3. The molecule has 0 spiro atoms. The summed E-state index contributed by atoms with van der Waals surface area (Å²) >= 11 is 0. The zero-order chi connectivity index (χ0) is 40.3. The van der Waals surface area contributed by atoms with Gasteiger partial charge in [-0.15, -0.1) is 0 Å².